The van der Waals surface area contributed by atoms with E-state index in [2.05, 4.69) is 20.8 Å². The maximum Gasteiger partial charge on any atom is 0.304 e. The van der Waals surface area contributed by atoms with Crippen LogP contribution in [0.25, 0.3) is 0 Å². The molecule has 4 nitrogen and oxygen atoms in total. The number of nitrogens with zero attached hydrogens (tertiary/aromatic N) is 1. The van der Waals surface area contributed by atoms with Gasteiger partial charge in [-0.1, -0.05) is 34.1 Å². The van der Waals surface area contributed by atoms with Gasteiger partial charge < -0.3 is 4.74 Å². The van der Waals surface area contributed by atoms with E-state index in [4.69, 9.17) is 4.74 Å². The monoisotopic (exact) mass is 455 g/mol. The SMILES string of the molecule is CC(=O)OC1C=C2CN(C(C(=O)CCCBr)c3ccccc3F)CCC2S1. The first kappa shape index (κ1) is 20.6. The van der Waals surface area contributed by atoms with E-state index >= 15 is 0 Å². The number of hydrogen-bond acceptors (Lipinski definition) is 5. The van der Waals surface area contributed by atoms with Gasteiger partial charge in [0.1, 0.15) is 5.82 Å². The van der Waals surface area contributed by atoms with E-state index in [0.29, 0.717) is 30.3 Å². The molecule has 1 saturated heterocycles. The van der Waals surface area contributed by atoms with Crippen molar-refractivity contribution in [1.29, 1.82) is 0 Å². The highest BCUT2D eigenvalue weighted by molar-refractivity contribution is 9.09. The predicted molar refractivity (Wildman–Crippen MR) is 108 cm³/mol. The number of carbonyl (C=O) groups is 2. The van der Waals surface area contributed by atoms with E-state index < -0.39 is 6.04 Å². The number of esters is 1. The summed E-state index contributed by atoms with van der Waals surface area (Å²) in [5.41, 5.74) is 1.34. The second kappa shape index (κ2) is 9.34. The van der Waals surface area contributed by atoms with Crippen LogP contribution in [0, 0.1) is 5.82 Å². The Morgan fingerprint density at radius 2 is 2.19 bits per heavy atom. The lowest BCUT2D eigenvalue weighted by Gasteiger charge is -2.37. The highest BCUT2D eigenvalue weighted by Gasteiger charge is 2.38. The molecule has 7 heteroatoms. The van der Waals surface area contributed by atoms with Crippen LogP contribution in [0.3, 0.4) is 0 Å². The first-order valence-corrected chi connectivity index (χ1v) is 11.2. The van der Waals surface area contributed by atoms with Crippen LogP contribution in [0.5, 0.6) is 0 Å². The fourth-order valence-electron chi connectivity index (χ4n) is 3.67. The largest absolute Gasteiger partial charge is 0.447 e. The molecule has 0 N–H and O–H groups in total. The van der Waals surface area contributed by atoms with Crippen LogP contribution in [-0.4, -0.2) is 45.8 Å². The Balaban J connectivity index is 1.82. The zero-order valence-electron chi connectivity index (χ0n) is 15.2. The molecule has 3 unspecified atom stereocenters. The minimum atomic E-state index is -0.579. The standard InChI is InChI=1S/C20H23BrFNO3S/c1-13(24)26-19-11-14-12-23(10-8-18(14)27-19)20(17(25)7-4-9-21)15-5-2-3-6-16(15)22/h2-3,5-6,11,18-20H,4,7-10,12H2,1H3. The molecule has 2 aliphatic rings. The average molecular weight is 456 g/mol. The van der Waals surface area contributed by atoms with Gasteiger partial charge in [-0.05, 0) is 30.6 Å². The highest BCUT2D eigenvalue weighted by atomic mass is 79.9. The summed E-state index contributed by atoms with van der Waals surface area (Å²) in [6, 6.07) is 5.96. The molecule has 0 aromatic heterocycles. The van der Waals surface area contributed by atoms with Crippen molar-refractivity contribution in [3.63, 3.8) is 0 Å². The lowest BCUT2D eigenvalue weighted by molar-refractivity contribution is -0.140. The Morgan fingerprint density at radius 3 is 2.89 bits per heavy atom. The smallest absolute Gasteiger partial charge is 0.304 e. The van der Waals surface area contributed by atoms with E-state index in [-0.39, 0.29) is 23.0 Å². The van der Waals surface area contributed by atoms with Gasteiger partial charge in [0.15, 0.2) is 11.2 Å². The Hall–Kier alpha value is -1.18. The Labute approximate surface area is 171 Å². The van der Waals surface area contributed by atoms with E-state index in [9.17, 15) is 14.0 Å². The lowest BCUT2D eigenvalue weighted by Crippen LogP contribution is -2.42. The van der Waals surface area contributed by atoms with E-state index in [1.807, 2.05) is 6.08 Å². The number of ether oxygens (including phenoxy) is 1. The van der Waals surface area contributed by atoms with Gasteiger partial charge in [-0.25, -0.2) is 4.39 Å². The number of alkyl halides is 1. The summed E-state index contributed by atoms with van der Waals surface area (Å²) in [5, 5.41) is 1.04. The molecule has 0 saturated carbocycles. The summed E-state index contributed by atoms with van der Waals surface area (Å²) in [4.78, 5) is 26.2. The number of likely N-dealkylation sites (tertiary alicyclic amines) is 1. The molecule has 27 heavy (non-hydrogen) atoms. The summed E-state index contributed by atoms with van der Waals surface area (Å²) in [6.07, 6.45) is 3.97. The number of thioether (sulfide) groups is 1. The molecule has 1 aromatic rings. The van der Waals surface area contributed by atoms with Crippen molar-refractivity contribution >= 4 is 39.4 Å². The Bertz CT molecular complexity index is 742. The van der Waals surface area contributed by atoms with Crippen molar-refractivity contribution in [2.24, 2.45) is 0 Å². The zero-order valence-corrected chi connectivity index (χ0v) is 17.6. The van der Waals surface area contributed by atoms with Crippen LogP contribution in [0.4, 0.5) is 4.39 Å². The second-order valence-corrected chi connectivity index (χ2v) is 8.88. The highest BCUT2D eigenvalue weighted by Crippen LogP contribution is 2.41. The maximum atomic E-state index is 14.5. The fraction of sp³-hybridized carbons (Fsp3) is 0.500. The van der Waals surface area contributed by atoms with Crippen molar-refractivity contribution < 1.29 is 18.7 Å². The lowest BCUT2D eigenvalue weighted by atomic mass is 9.94. The number of rotatable bonds is 7. The van der Waals surface area contributed by atoms with Gasteiger partial charge >= 0.3 is 5.97 Å². The maximum absolute atomic E-state index is 14.5. The Kier molecular flexibility index (Phi) is 7.11. The number of carbonyl (C=O) groups excluding carboxylic acids is 2. The third-order valence-corrected chi connectivity index (χ3v) is 6.76. The van der Waals surface area contributed by atoms with Crippen LogP contribution in [0.15, 0.2) is 35.9 Å². The summed E-state index contributed by atoms with van der Waals surface area (Å²) < 4.78 is 19.8. The molecular weight excluding hydrogens is 433 g/mol. The minimum Gasteiger partial charge on any atom is -0.447 e. The Morgan fingerprint density at radius 1 is 1.41 bits per heavy atom. The van der Waals surface area contributed by atoms with Crippen molar-refractivity contribution in [1.82, 2.24) is 4.90 Å². The quantitative estimate of drug-likeness (QED) is 0.349. The number of ketones is 1. The van der Waals surface area contributed by atoms with E-state index in [0.717, 1.165) is 23.7 Å². The van der Waals surface area contributed by atoms with Crippen molar-refractivity contribution in [2.75, 3.05) is 18.4 Å². The number of fused-ring (bicyclic) bond motifs is 1. The average Bonchev–Trinajstić information content (AvgIpc) is 3.02. The van der Waals surface area contributed by atoms with Gasteiger partial charge in [0, 0.05) is 42.6 Å². The number of hydrogen-bond donors (Lipinski definition) is 0. The molecule has 0 radical (unpaired) electrons. The van der Waals surface area contributed by atoms with E-state index in [1.165, 1.54) is 13.0 Å². The predicted octanol–water partition coefficient (Wildman–Crippen LogP) is 4.25. The fourth-order valence-corrected chi connectivity index (χ4v) is 5.29. The van der Waals surface area contributed by atoms with Crippen LogP contribution in [0.2, 0.25) is 0 Å². The van der Waals surface area contributed by atoms with Gasteiger partial charge in [-0.15, -0.1) is 11.8 Å². The first-order chi connectivity index (χ1) is 13.0. The molecule has 1 fully saturated rings. The molecule has 2 heterocycles. The summed E-state index contributed by atoms with van der Waals surface area (Å²) in [6.45, 7) is 2.71. The van der Waals surface area contributed by atoms with E-state index in [1.54, 1.807) is 30.0 Å². The van der Waals surface area contributed by atoms with Crippen LogP contribution < -0.4 is 0 Å². The summed E-state index contributed by atoms with van der Waals surface area (Å²) >= 11 is 4.99. The third-order valence-electron chi connectivity index (χ3n) is 4.84. The molecule has 0 spiro atoms. The number of piperidine rings is 1. The van der Waals surface area contributed by atoms with Crippen LogP contribution in [0.1, 0.15) is 37.8 Å². The minimum absolute atomic E-state index is 0.0424. The molecule has 2 aliphatic heterocycles. The number of halogens is 2. The molecule has 0 bridgehead atoms. The molecule has 0 amide bonds. The van der Waals surface area contributed by atoms with Crippen LogP contribution in [-0.2, 0) is 14.3 Å². The molecule has 1 aromatic carbocycles. The molecule has 0 aliphatic carbocycles. The summed E-state index contributed by atoms with van der Waals surface area (Å²) in [5.74, 6) is -0.598. The van der Waals surface area contributed by atoms with Gasteiger partial charge in [0.2, 0.25) is 0 Å². The number of Topliss-reactive ketones (excluding diaryl/α,β-unsaturated/α-hetero) is 1. The van der Waals surface area contributed by atoms with Crippen molar-refractivity contribution in [3.05, 3.63) is 47.3 Å². The first-order valence-electron chi connectivity index (χ1n) is 9.10. The van der Waals surface area contributed by atoms with Crippen LogP contribution >= 0.6 is 27.7 Å². The van der Waals surface area contributed by atoms with Gasteiger partial charge in [0.05, 0.1) is 6.04 Å². The topological polar surface area (TPSA) is 46.6 Å². The zero-order chi connectivity index (χ0) is 19.4. The van der Waals surface area contributed by atoms with Gasteiger partial charge in [-0.3, -0.25) is 14.5 Å². The van der Waals surface area contributed by atoms with Gasteiger partial charge in [0.25, 0.3) is 0 Å². The molecule has 3 rings (SSSR count). The molecule has 146 valence electrons. The van der Waals surface area contributed by atoms with Crippen molar-refractivity contribution in [3.8, 4) is 0 Å². The third kappa shape index (κ3) is 5.00. The molecule has 3 atom stereocenters. The molecular formula is C20H23BrFNO3S. The second-order valence-electron chi connectivity index (χ2n) is 6.79. The summed E-state index contributed by atoms with van der Waals surface area (Å²) in [7, 11) is 0. The van der Waals surface area contributed by atoms with Gasteiger partial charge in [-0.2, -0.15) is 0 Å². The normalized spacial score (nSPS) is 23.4. The number of benzene rings is 1. The van der Waals surface area contributed by atoms with Crippen molar-refractivity contribution in [2.45, 2.75) is 42.9 Å².